The number of anilines is 1. The van der Waals surface area contributed by atoms with Crippen LogP contribution < -0.4 is 11.1 Å². The molecule has 1 heterocycles. The van der Waals surface area contributed by atoms with E-state index in [9.17, 15) is 4.79 Å². The number of nitrogens with two attached hydrogens (primary N) is 1. The Morgan fingerprint density at radius 2 is 2.19 bits per heavy atom. The average molecular weight is 333 g/mol. The second-order valence-electron chi connectivity index (χ2n) is 5.64. The average Bonchev–Trinajstić information content (AvgIpc) is 2.36. The van der Waals surface area contributed by atoms with E-state index < -0.39 is 11.0 Å². The van der Waals surface area contributed by atoms with Crippen LogP contribution in [0.25, 0.3) is 0 Å². The van der Waals surface area contributed by atoms with Gasteiger partial charge in [0.2, 0.25) is 11.2 Å². The van der Waals surface area contributed by atoms with E-state index in [0.717, 1.165) is 0 Å². The van der Waals surface area contributed by atoms with Crippen LogP contribution >= 0.6 is 23.2 Å². The van der Waals surface area contributed by atoms with Crippen LogP contribution in [0.3, 0.4) is 0 Å². The second kappa shape index (κ2) is 5.68. The Bertz CT molecular complexity index is 547. The van der Waals surface area contributed by atoms with Gasteiger partial charge in [-0.3, -0.25) is 4.79 Å². The molecule has 0 aliphatic heterocycles. The Morgan fingerprint density at radius 3 is 2.71 bits per heavy atom. The van der Waals surface area contributed by atoms with Crippen molar-refractivity contribution in [3.63, 3.8) is 0 Å². The molecule has 2 atom stereocenters. The first-order valence-electron chi connectivity index (χ1n) is 6.62. The van der Waals surface area contributed by atoms with Crippen LogP contribution in [-0.2, 0) is 9.53 Å². The molecule has 2 unspecified atom stereocenters. The summed E-state index contributed by atoms with van der Waals surface area (Å²) in [6.45, 7) is 6.33. The third-order valence-corrected chi connectivity index (χ3v) is 4.51. The molecule has 8 heteroatoms. The fraction of sp³-hybridized carbons (Fsp3) is 0.615. The second-order valence-corrected chi connectivity index (χ2v) is 6.37. The van der Waals surface area contributed by atoms with Gasteiger partial charge in [0, 0.05) is 24.5 Å². The Hall–Kier alpha value is -0.950. The summed E-state index contributed by atoms with van der Waals surface area (Å²) in [6, 6.07) is 1.42. The van der Waals surface area contributed by atoms with Crippen molar-refractivity contribution in [1.29, 1.82) is 0 Å². The highest BCUT2D eigenvalue weighted by molar-refractivity contribution is 6.32. The molecule has 3 N–H and O–H groups in total. The Kier molecular flexibility index (Phi) is 4.44. The molecule has 1 aromatic heterocycles. The first kappa shape index (κ1) is 16.4. The number of carbonyl (C=O) groups is 1. The number of rotatable bonds is 4. The van der Waals surface area contributed by atoms with Crippen molar-refractivity contribution in [2.24, 2.45) is 11.1 Å². The maximum absolute atomic E-state index is 12.5. The van der Waals surface area contributed by atoms with Gasteiger partial charge in [-0.05, 0) is 18.5 Å². The summed E-state index contributed by atoms with van der Waals surface area (Å²) in [5, 5.41) is 2.76. The number of amides is 1. The molecule has 6 nitrogen and oxygen atoms in total. The maximum atomic E-state index is 12.5. The van der Waals surface area contributed by atoms with Gasteiger partial charge in [0.05, 0.1) is 6.10 Å². The van der Waals surface area contributed by atoms with Gasteiger partial charge >= 0.3 is 0 Å². The lowest BCUT2D eigenvalue weighted by Gasteiger charge is -2.57. The van der Waals surface area contributed by atoms with Gasteiger partial charge in [-0.2, -0.15) is 0 Å². The van der Waals surface area contributed by atoms with E-state index >= 15 is 0 Å². The van der Waals surface area contributed by atoms with Crippen molar-refractivity contribution in [2.45, 2.75) is 38.8 Å². The van der Waals surface area contributed by atoms with E-state index in [0.29, 0.717) is 13.0 Å². The molecule has 116 valence electrons. The zero-order chi connectivity index (χ0) is 15.8. The van der Waals surface area contributed by atoms with Crippen molar-refractivity contribution >= 4 is 34.9 Å². The number of halogens is 2. The van der Waals surface area contributed by atoms with Crippen molar-refractivity contribution < 1.29 is 9.53 Å². The Balaban J connectivity index is 2.14. The molecule has 0 bridgehead atoms. The zero-order valence-corrected chi connectivity index (χ0v) is 13.6. The van der Waals surface area contributed by atoms with Crippen LogP contribution in [0.2, 0.25) is 10.4 Å². The Morgan fingerprint density at radius 1 is 1.52 bits per heavy atom. The largest absolute Gasteiger partial charge is 0.378 e. The van der Waals surface area contributed by atoms with E-state index in [1.807, 2.05) is 20.8 Å². The smallest absolute Gasteiger partial charge is 0.246 e. The number of carbonyl (C=O) groups excluding carboxylic acids is 1. The van der Waals surface area contributed by atoms with Crippen LogP contribution in [0.15, 0.2) is 6.07 Å². The van der Waals surface area contributed by atoms with E-state index in [1.165, 1.54) is 6.07 Å². The molecule has 0 aromatic carbocycles. The SMILES string of the molecule is CCOC1CC(N)(C(=O)Nc2cc(Cl)nc(Cl)n2)C1(C)C. The minimum Gasteiger partial charge on any atom is -0.378 e. The van der Waals surface area contributed by atoms with Crippen LogP contribution in [0.5, 0.6) is 0 Å². The molecule has 1 aliphatic rings. The normalized spacial score (nSPS) is 27.0. The fourth-order valence-corrected chi connectivity index (χ4v) is 2.91. The van der Waals surface area contributed by atoms with Crippen molar-refractivity contribution in [2.75, 3.05) is 11.9 Å². The first-order chi connectivity index (χ1) is 9.70. The summed E-state index contributed by atoms with van der Waals surface area (Å²) < 4.78 is 5.60. The number of hydrogen-bond acceptors (Lipinski definition) is 5. The van der Waals surface area contributed by atoms with Crippen LogP contribution in [0.4, 0.5) is 5.82 Å². The summed E-state index contributed by atoms with van der Waals surface area (Å²) in [5.74, 6) is -0.111. The molecule has 1 aliphatic carbocycles. The topological polar surface area (TPSA) is 90.1 Å². The number of ether oxygens (including phenoxy) is 1. The van der Waals surface area contributed by atoms with Crippen LogP contribution in [-0.4, -0.2) is 34.1 Å². The van der Waals surface area contributed by atoms with Crippen LogP contribution in [0.1, 0.15) is 27.2 Å². The van der Waals surface area contributed by atoms with Gasteiger partial charge < -0.3 is 15.8 Å². The van der Waals surface area contributed by atoms with Gasteiger partial charge in [0.25, 0.3) is 0 Å². The first-order valence-corrected chi connectivity index (χ1v) is 7.38. The summed E-state index contributed by atoms with van der Waals surface area (Å²) in [6.07, 6.45) is 0.405. The summed E-state index contributed by atoms with van der Waals surface area (Å²) in [5.41, 5.74) is 4.76. The molecule has 0 radical (unpaired) electrons. The van der Waals surface area contributed by atoms with E-state index in [-0.39, 0.29) is 28.3 Å². The molecular formula is C13H18Cl2N4O2. The number of aromatic nitrogens is 2. The standard InChI is InChI=1S/C13H18Cl2N4O2/c1-4-21-7-6-13(16,12(7,2)3)10(20)18-9-5-8(14)17-11(15)19-9/h5,7H,4,6,16H2,1-3H3,(H,17,18,19,20). The van der Waals surface area contributed by atoms with Crippen molar-refractivity contribution in [3.8, 4) is 0 Å². The monoisotopic (exact) mass is 332 g/mol. The minimum atomic E-state index is -1.03. The highest BCUT2D eigenvalue weighted by Crippen LogP contribution is 2.50. The lowest BCUT2D eigenvalue weighted by atomic mass is 9.54. The third kappa shape index (κ3) is 2.85. The third-order valence-electron chi connectivity index (χ3n) is 4.14. The van der Waals surface area contributed by atoms with Gasteiger partial charge in [-0.1, -0.05) is 25.4 Å². The van der Waals surface area contributed by atoms with Gasteiger partial charge in [0.1, 0.15) is 16.5 Å². The molecule has 1 saturated carbocycles. The predicted octanol–water partition coefficient (Wildman–Crippen LogP) is 2.25. The molecule has 0 saturated heterocycles. The number of hydrogen-bond donors (Lipinski definition) is 2. The molecule has 1 aromatic rings. The summed E-state index contributed by atoms with van der Waals surface area (Å²) in [4.78, 5) is 20.1. The summed E-state index contributed by atoms with van der Waals surface area (Å²) >= 11 is 11.5. The van der Waals surface area contributed by atoms with E-state index in [2.05, 4.69) is 15.3 Å². The lowest BCUT2D eigenvalue weighted by molar-refractivity contribution is -0.166. The molecule has 1 amide bonds. The molecule has 1 fully saturated rings. The summed E-state index contributed by atoms with van der Waals surface area (Å²) in [7, 11) is 0. The fourth-order valence-electron chi connectivity index (χ4n) is 2.50. The number of nitrogens with one attached hydrogen (secondary N) is 1. The van der Waals surface area contributed by atoms with E-state index in [4.69, 9.17) is 33.7 Å². The molecule has 0 spiro atoms. The van der Waals surface area contributed by atoms with E-state index in [1.54, 1.807) is 0 Å². The number of nitrogens with zero attached hydrogens (tertiary/aromatic N) is 2. The lowest BCUT2D eigenvalue weighted by Crippen LogP contribution is -2.74. The molecule has 21 heavy (non-hydrogen) atoms. The zero-order valence-electron chi connectivity index (χ0n) is 12.1. The van der Waals surface area contributed by atoms with Gasteiger partial charge in [-0.15, -0.1) is 0 Å². The van der Waals surface area contributed by atoms with Crippen molar-refractivity contribution in [3.05, 3.63) is 16.5 Å². The minimum absolute atomic E-state index is 0.0380. The molecular weight excluding hydrogens is 315 g/mol. The Labute approximate surface area is 133 Å². The maximum Gasteiger partial charge on any atom is 0.246 e. The highest BCUT2D eigenvalue weighted by atomic mass is 35.5. The molecule has 2 rings (SSSR count). The quantitative estimate of drug-likeness (QED) is 0.651. The van der Waals surface area contributed by atoms with Gasteiger partial charge in [-0.25, -0.2) is 9.97 Å². The van der Waals surface area contributed by atoms with Crippen LogP contribution in [0, 0.1) is 5.41 Å². The predicted molar refractivity (Wildman–Crippen MR) is 81.4 cm³/mol. The highest BCUT2D eigenvalue weighted by Gasteiger charge is 2.62. The van der Waals surface area contributed by atoms with Gasteiger partial charge in [0.15, 0.2) is 0 Å². The van der Waals surface area contributed by atoms with Crippen molar-refractivity contribution in [1.82, 2.24) is 9.97 Å².